The number of fused-ring (bicyclic) bond motifs is 13. The third-order valence-corrected chi connectivity index (χ3v) is 19.0. The molecule has 304 valence electrons. The van der Waals surface area contributed by atoms with Crippen LogP contribution in [0, 0.1) is 17.8 Å². The van der Waals surface area contributed by atoms with Crippen molar-refractivity contribution < 1.29 is 0 Å². The molecule has 5 atom stereocenters. The van der Waals surface area contributed by atoms with Gasteiger partial charge in [0.05, 0.1) is 16.7 Å². The molecule has 7 aliphatic carbocycles. The summed E-state index contributed by atoms with van der Waals surface area (Å²) in [5.41, 5.74) is 17.6. The summed E-state index contributed by atoms with van der Waals surface area (Å²) in [6.45, 7) is 4.00. The molecule has 14 rings (SSSR count). The number of benzene rings is 6. The highest BCUT2D eigenvalue weighted by molar-refractivity contribution is 8.34. The van der Waals surface area contributed by atoms with Crippen LogP contribution in [0.2, 0.25) is 0 Å². The van der Waals surface area contributed by atoms with Crippen molar-refractivity contribution in [1.29, 1.82) is 0 Å². The highest BCUT2D eigenvalue weighted by atomic mass is 32.3. The molecule has 2 saturated carbocycles. The zero-order chi connectivity index (χ0) is 41.9. The molecule has 1 aliphatic heterocycles. The standard InChI is InChI=1S/C59H43NS.C2H6/c1-5-17-41(18-6-1)61(42-19-7-2-8-20-42,43-21-9-3-10-22-43)44-31-28-38(29-32-44)57-48-34-35-53-54(55(48)52-27-15-16-40-37-58(40,52)60-57)47-24-13-14-26-51(47)59(53)50-25-12-4-11-23-45(50)46-33-30-39-36-49(39)56(46)59;1-2/h1-3,5-35,39-40,49H,4,36-37H2;1-2H3. The van der Waals surface area contributed by atoms with Gasteiger partial charge in [-0.1, -0.05) is 172 Å². The number of hydrogen-bond acceptors (Lipinski definition) is 1. The minimum Gasteiger partial charge on any atom is -0.272 e. The summed E-state index contributed by atoms with van der Waals surface area (Å²) < 4.78 is 0. The van der Waals surface area contributed by atoms with Gasteiger partial charge in [-0.2, -0.15) is 0 Å². The molecule has 5 unspecified atom stereocenters. The predicted molar refractivity (Wildman–Crippen MR) is 262 cm³/mol. The Bertz CT molecular complexity index is 3060. The fourth-order valence-electron chi connectivity index (χ4n) is 12.5. The van der Waals surface area contributed by atoms with Crippen molar-refractivity contribution in [1.82, 2.24) is 0 Å². The smallest absolute Gasteiger partial charge is 0.0940 e. The number of hydrogen-bond donors (Lipinski definition) is 0. The zero-order valence-corrected chi connectivity index (χ0v) is 36.7. The largest absolute Gasteiger partial charge is 0.272 e. The quantitative estimate of drug-likeness (QED) is 0.164. The average Bonchev–Trinajstić information content (AvgIpc) is 4.27. The second-order valence-corrected chi connectivity index (χ2v) is 21.1. The van der Waals surface area contributed by atoms with Gasteiger partial charge in [0.1, 0.15) is 0 Å². The minimum atomic E-state index is -1.80. The van der Waals surface area contributed by atoms with Crippen LogP contribution < -0.4 is 0 Å². The summed E-state index contributed by atoms with van der Waals surface area (Å²) in [6.07, 6.45) is 25.1. The van der Waals surface area contributed by atoms with Gasteiger partial charge in [0.2, 0.25) is 0 Å². The molecular weight excluding hydrogens is 779 g/mol. The van der Waals surface area contributed by atoms with Crippen molar-refractivity contribution in [2.24, 2.45) is 22.7 Å². The summed E-state index contributed by atoms with van der Waals surface area (Å²) in [5.74, 6) is 1.66. The molecule has 6 aromatic rings. The maximum absolute atomic E-state index is 5.88. The molecular formula is C61H49NS. The lowest BCUT2D eigenvalue weighted by molar-refractivity contribution is 0.680. The van der Waals surface area contributed by atoms with Crippen molar-refractivity contribution >= 4 is 21.3 Å². The first-order valence-corrected chi connectivity index (χ1v) is 24.7. The normalized spacial score (nSPS) is 25.8. The van der Waals surface area contributed by atoms with Gasteiger partial charge in [-0.25, -0.2) is 0 Å². The fourth-order valence-corrected chi connectivity index (χ4v) is 16.3. The van der Waals surface area contributed by atoms with Crippen molar-refractivity contribution in [3.8, 4) is 11.1 Å². The lowest BCUT2D eigenvalue weighted by Crippen LogP contribution is -2.30. The van der Waals surface area contributed by atoms with E-state index in [4.69, 9.17) is 4.99 Å². The second-order valence-electron chi connectivity index (χ2n) is 18.0. The molecule has 0 radical (unpaired) electrons. The van der Waals surface area contributed by atoms with Gasteiger partial charge < -0.3 is 0 Å². The number of allylic oxidation sites excluding steroid dienone is 12. The SMILES string of the molecule is C1=CC2CC23N=C(c2ccc(S(c4ccccc4)(c4ccccc4)c4ccccc4)cc2)c2ccc4c(c2C3=C1)-c1ccccc1C41C2=C(C=CCC=C2)C2=C1C1CC1C=C2.CC. The average molecular weight is 828 g/mol. The maximum atomic E-state index is 5.88. The topological polar surface area (TPSA) is 12.4 Å². The molecule has 0 amide bonds. The molecule has 2 fully saturated rings. The van der Waals surface area contributed by atoms with E-state index >= 15 is 0 Å². The van der Waals surface area contributed by atoms with Crippen molar-refractivity contribution in [3.05, 3.63) is 256 Å². The molecule has 0 N–H and O–H groups in total. The van der Waals surface area contributed by atoms with Crippen LogP contribution in [-0.4, -0.2) is 11.3 Å². The van der Waals surface area contributed by atoms with Gasteiger partial charge >= 0.3 is 0 Å². The van der Waals surface area contributed by atoms with Crippen LogP contribution in [0.25, 0.3) is 16.7 Å². The highest BCUT2D eigenvalue weighted by Crippen LogP contribution is 2.74. The second kappa shape index (κ2) is 13.8. The van der Waals surface area contributed by atoms with Gasteiger partial charge in [-0.05, 0) is 135 Å². The molecule has 1 heterocycles. The van der Waals surface area contributed by atoms with E-state index in [1.54, 1.807) is 5.57 Å². The van der Waals surface area contributed by atoms with Crippen LogP contribution in [-0.2, 0) is 5.41 Å². The van der Waals surface area contributed by atoms with Gasteiger partial charge in [0.25, 0.3) is 0 Å². The molecule has 0 aromatic heterocycles. The third kappa shape index (κ3) is 4.88. The third-order valence-electron chi connectivity index (χ3n) is 15.1. The zero-order valence-electron chi connectivity index (χ0n) is 35.8. The molecule has 2 heteroatoms. The molecule has 0 bridgehead atoms. The molecule has 8 aliphatic rings. The van der Waals surface area contributed by atoms with Crippen molar-refractivity contribution in [3.63, 3.8) is 0 Å². The van der Waals surface area contributed by atoms with Crippen LogP contribution >= 0.6 is 10.0 Å². The number of rotatable bonds is 5. The Hall–Kier alpha value is -6.48. The molecule has 2 spiro atoms. The van der Waals surface area contributed by atoms with Crippen LogP contribution in [0.4, 0.5) is 0 Å². The fraction of sp³-hybridized carbons (Fsp3) is 0.164. The highest BCUT2D eigenvalue weighted by Gasteiger charge is 2.63. The van der Waals surface area contributed by atoms with E-state index in [1.807, 2.05) is 13.8 Å². The summed E-state index contributed by atoms with van der Waals surface area (Å²) >= 11 is 0. The first-order chi connectivity index (χ1) is 31.2. The molecule has 0 saturated heterocycles. The first-order valence-electron chi connectivity index (χ1n) is 23.1. The number of aliphatic imine (C=N–C) groups is 1. The summed E-state index contributed by atoms with van der Waals surface area (Å²) in [5, 5.41) is 0. The Morgan fingerprint density at radius 2 is 1.22 bits per heavy atom. The summed E-state index contributed by atoms with van der Waals surface area (Å²) in [4.78, 5) is 11.2. The molecule has 63 heavy (non-hydrogen) atoms. The van der Waals surface area contributed by atoms with Gasteiger partial charge in [0.15, 0.2) is 0 Å². The van der Waals surface area contributed by atoms with Crippen LogP contribution in [0.5, 0.6) is 0 Å². The van der Waals surface area contributed by atoms with E-state index in [0.29, 0.717) is 17.8 Å². The molecule has 1 nitrogen and oxygen atoms in total. The Morgan fingerprint density at radius 1 is 0.571 bits per heavy atom. The first kappa shape index (κ1) is 37.1. The summed E-state index contributed by atoms with van der Waals surface area (Å²) in [7, 11) is -1.80. The van der Waals surface area contributed by atoms with Crippen LogP contribution in [0.3, 0.4) is 0 Å². The van der Waals surface area contributed by atoms with Gasteiger partial charge in [-0.15, -0.1) is 10.0 Å². The van der Waals surface area contributed by atoms with Crippen LogP contribution in [0.15, 0.2) is 253 Å². The Morgan fingerprint density at radius 3 is 1.94 bits per heavy atom. The van der Waals surface area contributed by atoms with E-state index in [-0.39, 0.29) is 11.0 Å². The van der Waals surface area contributed by atoms with Gasteiger partial charge in [0, 0.05) is 36.6 Å². The minimum absolute atomic E-state index is 0.229. The monoisotopic (exact) mass is 827 g/mol. The maximum Gasteiger partial charge on any atom is 0.0940 e. The molecule has 6 aromatic carbocycles. The van der Waals surface area contributed by atoms with Crippen LogP contribution in [0.1, 0.15) is 60.9 Å². The van der Waals surface area contributed by atoms with E-state index in [9.17, 15) is 0 Å². The summed E-state index contributed by atoms with van der Waals surface area (Å²) in [6, 6.07) is 57.5. The van der Waals surface area contributed by atoms with E-state index < -0.39 is 10.0 Å². The lowest BCUT2D eigenvalue weighted by atomic mass is 9.66. The van der Waals surface area contributed by atoms with Gasteiger partial charge in [-0.3, -0.25) is 4.99 Å². The Kier molecular flexibility index (Phi) is 8.10. The Labute approximate surface area is 373 Å². The predicted octanol–water partition coefficient (Wildman–Crippen LogP) is 15.2. The van der Waals surface area contributed by atoms with Crippen molar-refractivity contribution in [2.45, 2.75) is 63.6 Å². The van der Waals surface area contributed by atoms with E-state index in [1.165, 1.54) is 87.2 Å². The lowest BCUT2D eigenvalue weighted by Gasteiger charge is -2.42. The number of nitrogens with zero attached hydrogens (tertiary/aromatic N) is 1. The van der Waals surface area contributed by atoms with E-state index in [2.05, 4.69) is 206 Å². The van der Waals surface area contributed by atoms with Crippen molar-refractivity contribution in [2.75, 3.05) is 0 Å². The van der Waals surface area contributed by atoms with E-state index in [0.717, 1.165) is 18.6 Å². The Balaban J connectivity index is 0.00000198.